The lowest BCUT2D eigenvalue weighted by atomic mass is 10.2. The highest BCUT2D eigenvalue weighted by Crippen LogP contribution is 2.30. The van der Waals surface area contributed by atoms with Crippen LogP contribution < -0.4 is 4.90 Å². The fraction of sp³-hybridized carbons (Fsp3) is 0.133. The number of benzene rings is 1. The van der Waals surface area contributed by atoms with Gasteiger partial charge in [-0.05, 0) is 50.7 Å². The summed E-state index contributed by atoms with van der Waals surface area (Å²) in [5.41, 5.74) is 0.955. The molecule has 23 heavy (non-hydrogen) atoms. The Kier molecular flexibility index (Phi) is 5.30. The van der Waals surface area contributed by atoms with Gasteiger partial charge in [-0.2, -0.15) is 0 Å². The Bertz CT molecular complexity index is 726. The van der Waals surface area contributed by atoms with E-state index in [0.717, 1.165) is 15.0 Å². The van der Waals surface area contributed by atoms with E-state index in [2.05, 4.69) is 55.1 Å². The molecule has 2 aromatic rings. The van der Waals surface area contributed by atoms with Gasteiger partial charge in [-0.3, -0.25) is 4.90 Å². The van der Waals surface area contributed by atoms with Crippen LogP contribution in [-0.2, 0) is 11.3 Å². The highest BCUT2D eigenvalue weighted by molar-refractivity contribution is 14.1. The van der Waals surface area contributed by atoms with E-state index in [9.17, 15) is 4.79 Å². The van der Waals surface area contributed by atoms with E-state index in [4.69, 9.17) is 4.74 Å². The van der Waals surface area contributed by atoms with Gasteiger partial charge in [0, 0.05) is 18.6 Å². The first-order valence-electron chi connectivity index (χ1n) is 6.72. The third-order valence-electron chi connectivity index (χ3n) is 3.16. The van der Waals surface area contributed by atoms with E-state index in [1.165, 1.54) is 11.2 Å². The van der Waals surface area contributed by atoms with Gasteiger partial charge in [0.1, 0.15) is 12.9 Å². The summed E-state index contributed by atoms with van der Waals surface area (Å²) in [6, 6.07) is 9.60. The number of amides is 1. The Labute approximate surface area is 160 Å². The van der Waals surface area contributed by atoms with Crippen molar-refractivity contribution in [2.45, 2.75) is 10.8 Å². The molecule has 1 amide bonds. The topological polar surface area (TPSA) is 58.6 Å². The van der Waals surface area contributed by atoms with Crippen molar-refractivity contribution in [2.24, 2.45) is 0 Å². The maximum Gasteiger partial charge on any atom is 0.416 e. The normalized spacial score (nSPS) is 16.7. The Morgan fingerprint density at radius 3 is 2.78 bits per heavy atom. The van der Waals surface area contributed by atoms with Gasteiger partial charge >= 0.3 is 6.09 Å². The fourth-order valence-electron chi connectivity index (χ4n) is 2.03. The number of carbonyl (C=O) groups is 1. The average molecular weight is 534 g/mol. The molecule has 118 valence electrons. The molecule has 1 atom stereocenters. The van der Waals surface area contributed by atoms with Gasteiger partial charge in [0.05, 0.1) is 3.57 Å². The molecule has 0 spiro atoms. The van der Waals surface area contributed by atoms with Crippen LogP contribution in [0.4, 0.5) is 10.6 Å². The zero-order valence-electron chi connectivity index (χ0n) is 11.8. The van der Waals surface area contributed by atoms with Crippen molar-refractivity contribution in [3.8, 4) is 0 Å². The summed E-state index contributed by atoms with van der Waals surface area (Å²) in [4.78, 5) is 24.0. The molecule has 1 aromatic carbocycles. The minimum atomic E-state index is -0.393. The first kappa shape index (κ1) is 16.4. The highest BCUT2D eigenvalue weighted by Gasteiger charge is 2.32. The number of ether oxygens (including phenoxy) is 1. The van der Waals surface area contributed by atoms with E-state index in [0.29, 0.717) is 0 Å². The maximum absolute atomic E-state index is 12.3. The van der Waals surface area contributed by atoms with Crippen molar-refractivity contribution < 1.29 is 9.53 Å². The fourth-order valence-corrected chi connectivity index (χ4v) is 3.47. The number of anilines is 1. The van der Waals surface area contributed by atoms with Crippen LogP contribution >= 0.6 is 45.2 Å². The molecule has 3 rings (SSSR count). The molecule has 0 fully saturated rings. The summed E-state index contributed by atoms with van der Waals surface area (Å²) in [6.07, 6.45) is 6.34. The second kappa shape index (κ2) is 7.43. The number of alkyl halides is 1. The van der Waals surface area contributed by atoms with Crippen LogP contribution in [0.5, 0.6) is 0 Å². The summed E-state index contributed by atoms with van der Waals surface area (Å²) in [5.74, 6) is 0.759. The Balaban J connectivity index is 1.65. The van der Waals surface area contributed by atoms with Crippen molar-refractivity contribution >= 4 is 57.1 Å². The van der Waals surface area contributed by atoms with E-state index in [1.807, 2.05) is 41.4 Å². The SMILES string of the molecule is O=C(OCc1ccccc1)N1C=CN(c2ncncc2I)C1I. The van der Waals surface area contributed by atoms with Crippen LogP contribution in [0.2, 0.25) is 0 Å². The predicted octanol–water partition coefficient (Wildman–Crippen LogP) is 3.73. The summed E-state index contributed by atoms with van der Waals surface area (Å²) < 4.78 is 6.04. The third kappa shape index (κ3) is 3.74. The van der Waals surface area contributed by atoms with E-state index >= 15 is 0 Å². The minimum absolute atomic E-state index is 0.237. The number of aromatic nitrogens is 2. The predicted molar refractivity (Wildman–Crippen MR) is 103 cm³/mol. The standard InChI is InChI=1S/C15H12I2N4O2/c16-12-8-18-10-19-13(12)20-6-7-21(14(20)17)15(22)23-9-11-4-2-1-3-5-11/h1-8,10,14H,9H2. The van der Waals surface area contributed by atoms with Crippen LogP contribution in [0, 0.1) is 3.57 Å². The molecular weight excluding hydrogens is 522 g/mol. The number of rotatable bonds is 3. The molecule has 0 N–H and O–H groups in total. The number of halogens is 2. The molecule has 0 saturated carbocycles. The molecule has 0 radical (unpaired) electrons. The van der Waals surface area contributed by atoms with Crippen molar-refractivity contribution in [1.82, 2.24) is 14.9 Å². The minimum Gasteiger partial charge on any atom is -0.444 e. The van der Waals surface area contributed by atoms with Crippen molar-refractivity contribution in [3.63, 3.8) is 0 Å². The molecule has 0 saturated heterocycles. The lowest BCUT2D eigenvalue weighted by molar-refractivity contribution is 0.112. The Morgan fingerprint density at radius 1 is 1.26 bits per heavy atom. The van der Waals surface area contributed by atoms with Crippen molar-refractivity contribution in [2.75, 3.05) is 4.90 Å². The second-order valence-electron chi connectivity index (χ2n) is 4.66. The first-order valence-corrected chi connectivity index (χ1v) is 9.04. The van der Waals surface area contributed by atoms with Crippen LogP contribution in [0.15, 0.2) is 55.3 Å². The number of carbonyl (C=O) groups excluding carboxylic acids is 1. The molecule has 6 nitrogen and oxygen atoms in total. The van der Waals surface area contributed by atoms with Crippen molar-refractivity contribution in [3.05, 3.63) is 64.4 Å². The summed E-state index contributed by atoms with van der Waals surface area (Å²) >= 11 is 4.34. The summed E-state index contributed by atoms with van der Waals surface area (Å²) in [5, 5.41) is 0. The first-order chi connectivity index (χ1) is 11.2. The molecule has 2 heterocycles. The largest absolute Gasteiger partial charge is 0.444 e. The number of hydrogen-bond donors (Lipinski definition) is 0. The zero-order valence-corrected chi connectivity index (χ0v) is 16.2. The molecule has 1 aromatic heterocycles. The summed E-state index contributed by atoms with van der Waals surface area (Å²) in [6.45, 7) is 0.248. The second-order valence-corrected chi connectivity index (χ2v) is 6.93. The van der Waals surface area contributed by atoms with E-state index < -0.39 is 6.09 Å². The quantitative estimate of drug-likeness (QED) is 0.342. The van der Waals surface area contributed by atoms with Crippen LogP contribution in [0.25, 0.3) is 0 Å². The lowest BCUT2D eigenvalue weighted by Gasteiger charge is -2.26. The van der Waals surface area contributed by atoms with Crippen LogP contribution in [0.3, 0.4) is 0 Å². The average Bonchev–Trinajstić information content (AvgIpc) is 2.95. The van der Waals surface area contributed by atoms with Crippen LogP contribution in [-0.4, -0.2) is 25.1 Å². The monoisotopic (exact) mass is 534 g/mol. The number of nitrogens with zero attached hydrogens (tertiary/aromatic N) is 4. The summed E-state index contributed by atoms with van der Waals surface area (Å²) in [7, 11) is 0. The molecule has 1 unspecified atom stereocenters. The third-order valence-corrected chi connectivity index (χ3v) is 5.12. The molecule has 0 bridgehead atoms. The van der Waals surface area contributed by atoms with Gasteiger partial charge in [-0.15, -0.1) is 0 Å². The smallest absolute Gasteiger partial charge is 0.416 e. The zero-order chi connectivity index (χ0) is 16.2. The van der Waals surface area contributed by atoms with Gasteiger partial charge in [0.15, 0.2) is 9.99 Å². The van der Waals surface area contributed by atoms with Gasteiger partial charge in [0.2, 0.25) is 0 Å². The van der Waals surface area contributed by atoms with E-state index in [-0.39, 0.29) is 10.8 Å². The van der Waals surface area contributed by atoms with Crippen molar-refractivity contribution in [1.29, 1.82) is 0 Å². The Hall–Kier alpha value is -1.43. The van der Waals surface area contributed by atoms with E-state index in [1.54, 1.807) is 12.4 Å². The molecular formula is C15H12I2N4O2. The molecule has 1 aliphatic heterocycles. The maximum atomic E-state index is 12.3. The van der Waals surface area contributed by atoms with Gasteiger partial charge in [0.25, 0.3) is 0 Å². The van der Waals surface area contributed by atoms with Gasteiger partial charge in [-0.25, -0.2) is 14.8 Å². The van der Waals surface area contributed by atoms with Gasteiger partial charge < -0.3 is 9.64 Å². The molecule has 1 aliphatic rings. The van der Waals surface area contributed by atoms with Crippen LogP contribution in [0.1, 0.15) is 5.56 Å². The Morgan fingerprint density at radius 2 is 2.04 bits per heavy atom. The highest BCUT2D eigenvalue weighted by atomic mass is 127. The molecule has 0 aliphatic carbocycles. The number of hydrogen-bond acceptors (Lipinski definition) is 5. The lowest BCUT2D eigenvalue weighted by Crippen LogP contribution is -2.38. The molecule has 8 heteroatoms. The van der Waals surface area contributed by atoms with Gasteiger partial charge in [-0.1, -0.05) is 30.3 Å².